The van der Waals surface area contributed by atoms with Crippen molar-refractivity contribution >= 4 is 5.91 Å². The highest BCUT2D eigenvalue weighted by molar-refractivity contribution is 5.78. The molecule has 2 rings (SSSR count). The van der Waals surface area contributed by atoms with Crippen LogP contribution in [0.1, 0.15) is 46.6 Å². The number of amides is 1. The van der Waals surface area contributed by atoms with Gasteiger partial charge in [-0.1, -0.05) is 19.1 Å². The molecule has 1 amide bonds. The molecule has 21 heavy (non-hydrogen) atoms. The van der Waals surface area contributed by atoms with Crippen LogP contribution in [0, 0.1) is 0 Å². The molecule has 4 heteroatoms. The highest BCUT2D eigenvalue weighted by atomic mass is 16.5. The van der Waals surface area contributed by atoms with E-state index in [4.69, 9.17) is 9.47 Å². The first-order valence-electron chi connectivity index (χ1n) is 7.47. The average molecular weight is 291 g/mol. The van der Waals surface area contributed by atoms with Gasteiger partial charge < -0.3 is 14.8 Å². The van der Waals surface area contributed by atoms with Crippen LogP contribution in [0.2, 0.25) is 0 Å². The molecule has 0 saturated heterocycles. The largest absolute Gasteiger partial charge is 0.483 e. The van der Waals surface area contributed by atoms with Gasteiger partial charge in [-0.05, 0) is 40.2 Å². The lowest BCUT2D eigenvalue weighted by molar-refractivity contribution is -0.124. The van der Waals surface area contributed by atoms with Gasteiger partial charge in [0.05, 0.1) is 0 Å². The van der Waals surface area contributed by atoms with E-state index in [0.717, 1.165) is 24.2 Å². The number of hydrogen-bond donors (Lipinski definition) is 1. The number of carbonyl (C=O) groups excluding carboxylic acids is 1. The topological polar surface area (TPSA) is 47.6 Å². The first-order valence-corrected chi connectivity index (χ1v) is 7.47. The van der Waals surface area contributed by atoms with Crippen molar-refractivity contribution in [3.05, 3.63) is 23.8 Å². The van der Waals surface area contributed by atoms with Crippen LogP contribution in [0.5, 0.6) is 11.5 Å². The predicted molar refractivity (Wildman–Crippen MR) is 82.9 cm³/mol. The zero-order valence-corrected chi connectivity index (χ0v) is 13.6. The fraction of sp³-hybridized carbons (Fsp3) is 0.588. The van der Waals surface area contributed by atoms with Gasteiger partial charge in [0, 0.05) is 17.5 Å². The Morgan fingerprint density at radius 3 is 2.81 bits per heavy atom. The number of fused-ring (bicyclic) bond motifs is 1. The van der Waals surface area contributed by atoms with Gasteiger partial charge >= 0.3 is 0 Å². The summed E-state index contributed by atoms with van der Waals surface area (Å²) in [6.45, 7) is 10.1. The first kappa shape index (κ1) is 15.7. The predicted octanol–water partition coefficient (Wildman–Crippen LogP) is 3.08. The summed E-state index contributed by atoms with van der Waals surface area (Å²) in [6.07, 6.45) is 1.73. The smallest absolute Gasteiger partial charge is 0.258 e. The molecule has 1 aliphatic heterocycles. The van der Waals surface area contributed by atoms with Crippen molar-refractivity contribution < 1.29 is 14.3 Å². The van der Waals surface area contributed by atoms with Gasteiger partial charge in [-0.25, -0.2) is 0 Å². The SMILES string of the molecule is CCC(C)(C)NC(=O)COc1cccc2c1OC(C)(C)C2. The van der Waals surface area contributed by atoms with E-state index in [1.165, 1.54) is 0 Å². The van der Waals surface area contributed by atoms with Gasteiger partial charge in [0.15, 0.2) is 18.1 Å². The van der Waals surface area contributed by atoms with Crippen LogP contribution in [0.3, 0.4) is 0 Å². The number of nitrogens with one attached hydrogen (secondary N) is 1. The molecule has 0 radical (unpaired) electrons. The van der Waals surface area contributed by atoms with Gasteiger partial charge in [0.25, 0.3) is 5.91 Å². The van der Waals surface area contributed by atoms with Gasteiger partial charge in [0.1, 0.15) is 5.60 Å². The van der Waals surface area contributed by atoms with Crippen LogP contribution in [0.15, 0.2) is 18.2 Å². The maximum absolute atomic E-state index is 11.9. The lowest BCUT2D eigenvalue weighted by atomic mass is 10.0. The van der Waals surface area contributed by atoms with Gasteiger partial charge in [-0.15, -0.1) is 0 Å². The molecule has 0 atom stereocenters. The third-order valence-electron chi connectivity index (χ3n) is 3.78. The average Bonchev–Trinajstić information content (AvgIpc) is 2.70. The number of carbonyl (C=O) groups is 1. The summed E-state index contributed by atoms with van der Waals surface area (Å²) in [6, 6.07) is 5.82. The molecular formula is C17H25NO3. The summed E-state index contributed by atoms with van der Waals surface area (Å²) < 4.78 is 11.6. The van der Waals surface area contributed by atoms with Gasteiger partial charge in [-0.3, -0.25) is 4.79 Å². The van der Waals surface area contributed by atoms with E-state index in [0.29, 0.717) is 5.75 Å². The van der Waals surface area contributed by atoms with Crippen molar-refractivity contribution in [2.75, 3.05) is 6.61 Å². The molecular weight excluding hydrogens is 266 g/mol. The number of para-hydroxylation sites is 1. The molecule has 116 valence electrons. The first-order chi connectivity index (χ1) is 9.72. The van der Waals surface area contributed by atoms with Crippen LogP contribution in [0.25, 0.3) is 0 Å². The number of hydrogen-bond acceptors (Lipinski definition) is 3. The standard InChI is InChI=1S/C17H25NO3/c1-6-16(2,3)18-14(19)11-20-13-9-7-8-12-10-17(4,5)21-15(12)13/h7-9H,6,10-11H2,1-5H3,(H,18,19). The van der Waals surface area contributed by atoms with Crippen LogP contribution in [0.4, 0.5) is 0 Å². The third kappa shape index (κ3) is 3.90. The Bertz CT molecular complexity index is 535. The summed E-state index contributed by atoms with van der Waals surface area (Å²) in [4.78, 5) is 11.9. The molecule has 0 aromatic heterocycles. The number of benzene rings is 1. The zero-order chi connectivity index (χ0) is 15.7. The second-order valence-electron chi connectivity index (χ2n) is 6.86. The molecule has 1 aromatic rings. The van der Waals surface area contributed by atoms with E-state index in [2.05, 4.69) is 5.32 Å². The van der Waals surface area contributed by atoms with Crippen molar-refractivity contribution in [1.82, 2.24) is 5.32 Å². The van der Waals surface area contributed by atoms with E-state index in [1.54, 1.807) is 0 Å². The van der Waals surface area contributed by atoms with Crippen molar-refractivity contribution in [2.24, 2.45) is 0 Å². The minimum absolute atomic E-state index is 0.00364. The lowest BCUT2D eigenvalue weighted by Gasteiger charge is -2.24. The summed E-state index contributed by atoms with van der Waals surface area (Å²) in [5.41, 5.74) is 0.707. The molecule has 0 spiro atoms. The Hall–Kier alpha value is -1.71. The van der Waals surface area contributed by atoms with Crippen LogP contribution >= 0.6 is 0 Å². The van der Waals surface area contributed by atoms with E-state index < -0.39 is 0 Å². The molecule has 1 aliphatic rings. The quantitative estimate of drug-likeness (QED) is 0.907. The minimum atomic E-state index is -0.214. The van der Waals surface area contributed by atoms with Crippen molar-refractivity contribution in [2.45, 2.75) is 58.6 Å². The van der Waals surface area contributed by atoms with E-state index in [9.17, 15) is 4.79 Å². The third-order valence-corrected chi connectivity index (χ3v) is 3.78. The van der Waals surface area contributed by atoms with Crippen molar-refractivity contribution in [3.8, 4) is 11.5 Å². The van der Waals surface area contributed by atoms with Crippen molar-refractivity contribution in [1.29, 1.82) is 0 Å². The minimum Gasteiger partial charge on any atom is -0.483 e. The van der Waals surface area contributed by atoms with Crippen LogP contribution < -0.4 is 14.8 Å². The van der Waals surface area contributed by atoms with Crippen molar-refractivity contribution in [3.63, 3.8) is 0 Å². The molecule has 1 N–H and O–H groups in total. The summed E-state index contributed by atoms with van der Waals surface area (Å²) in [5.74, 6) is 1.30. The molecule has 0 aliphatic carbocycles. The summed E-state index contributed by atoms with van der Waals surface area (Å²) in [5, 5.41) is 2.96. The fourth-order valence-electron chi connectivity index (χ4n) is 2.35. The Labute approximate surface area is 126 Å². The maximum Gasteiger partial charge on any atom is 0.258 e. The molecule has 0 bridgehead atoms. The molecule has 0 fully saturated rings. The maximum atomic E-state index is 11.9. The highest BCUT2D eigenvalue weighted by Crippen LogP contribution is 2.41. The van der Waals surface area contributed by atoms with Crippen LogP contribution in [-0.4, -0.2) is 23.7 Å². The number of rotatable bonds is 5. The number of ether oxygens (including phenoxy) is 2. The summed E-state index contributed by atoms with van der Waals surface area (Å²) in [7, 11) is 0. The Kier molecular flexibility index (Phi) is 4.17. The molecule has 1 heterocycles. The molecule has 0 unspecified atom stereocenters. The van der Waals surface area contributed by atoms with Gasteiger partial charge in [0.2, 0.25) is 0 Å². The lowest BCUT2D eigenvalue weighted by Crippen LogP contribution is -2.44. The van der Waals surface area contributed by atoms with E-state index in [1.807, 2.05) is 52.8 Å². The molecule has 1 aromatic carbocycles. The Balaban J connectivity index is 2.00. The fourth-order valence-corrected chi connectivity index (χ4v) is 2.35. The Morgan fingerprint density at radius 2 is 2.14 bits per heavy atom. The zero-order valence-electron chi connectivity index (χ0n) is 13.6. The Morgan fingerprint density at radius 1 is 1.43 bits per heavy atom. The van der Waals surface area contributed by atoms with Crippen LogP contribution in [-0.2, 0) is 11.2 Å². The second-order valence-corrected chi connectivity index (χ2v) is 6.86. The monoisotopic (exact) mass is 291 g/mol. The summed E-state index contributed by atoms with van der Waals surface area (Å²) >= 11 is 0. The molecule has 0 saturated carbocycles. The molecule has 4 nitrogen and oxygen atoms in total. The van der Waals surface area contributed by atoms with Gasteiger partial charge in [-0.2, -0.15) is 0 Å². The highest BCUT2D eigenvalue weighted by Gasteiger charge is 2.32. The van der Waals surface area contributed by atoms with E-state index >= 15 is 0 Å². The second kappa shape index (κ2) is 5.58. The van der Waals surface area contributed by atoms with E-state index in [-0.39, 0.29) is 23.7 Å². The normalized spacial score (nSPS) is 16.0.